The zero-order valence-electron chi connectivity index (χ0n) is 41.2. The van der Waals surface area contributed by atoms with Gasteiger partial charge in [0, 0.05) is 0 Å². The fraction of sp³-hybridized carbons (Fsp3) is 0.941. The molecule has 0 spiro atoms. The molecule has 0 aromatic carbocycles. The van der Waals surface area contributed by atoms with Crippen molar-refractivity contribution in [3.8, 4) is 0 Å². The Bertz CT molecular complexity index is 1170. The zero-order valence-corrected chi connectivity index (χ0v) is 42.1. The molecule has 0 aromatic rings. The Morgan fingerprint density at radius 1 is 0.523 bits per heavy atom. The lowest BCUT2D eigenvalue weighted by atomic mass is 9.85. The van der Waals surface area contributed by atoms with Crippen LogP contribution in [-0.2, 0) is 18.4 Å². The van der Waals surface area contributed by atoms with E-state index in [1.54, 1.807) is 0 Å². The van der Waals surface area contributed by atoms with Gasteiger partial charge in [0.05, 0.1) is 31.3 Å². The van der Waals surface area contributed by atoms with Crippen LogP contribution in [0.15, 0.2) is 12.2 Å². The molecule has 0 heterocycles. The van der Waals surface area contributed by atoms with Crippen LogP contribution in [0.2, 0.25) is 0 Å². The van der Waals surface area contributed by atoms with Gasteiger partial charge in [-0.25, -0.2) is 4.57 Å². The Hall–Kier alpha value is -0.960. The highest BCUT2D eigenvalue weighted by atomic mass is 31.2. The van der Waals surface area contributed by atoms with E-state index in [1.165, 1.54) is 148 Å². The number of nitrogens with one attached hydrogen (secondary N) is 1. The number of aliphatic hydroxyl groups excluding tert-OH is 7. The van der Waals surface area contributed by atoms with Crippen LogP contribution >= 0.6 is 7.82 Å². The highest BCUT2D eigenvalue weighted by molar-refractivity contribution is 7.47. The van der Waals surface area contributed by atoms with Gasteiger partial charge in [-0.15, -0.1) is 0 Å². The van der Waals surface area contributed by atoms with E-state index in [2.05, 4.69) is 31.3 Å². The van der Waals surface area contributed by atoms with Crippen molar-refractivity contribution in [2.45, 2.75) is 300 Å². The van der Waals surface area contributed by atoms with Crippen LogP contribution in [-0.4, -0.2) is 108 Å². The Balaban J connectivity index is 2.44. The van der Waals surface area contributed by atoms with E-state index >= 15 is 0 Å². The van der Waals surface area contributed by atoms with Crippen LogP contribution in [0.4, 0.5) is 0 Å². The molecule has 0 saturated heterocycles. The molecule has 65 heavy (non-hydrogen) atoms. The molecule has 9 N–H and O–H groups in total. The van der Waals surface area contributed by atoms with Crippen molar-refractivity contribution in [3.05, 3.63) is 12.2 Å². The van der Waals surface area contributed by atoms with Crippen molar-refractivity contribution in [3.63, 3.8) is 0 Å². The summed E-state index contributed by atoms with van der Waals surface area (Å²) in [7, 11) is -5.12. The normalized spacial score (nSPS) is 22.6. The number of phosphoric acid groups is 1. The van der Waals surface area contributed by atoms with E-state index < -0.39 is 75.2 Å². The van der Waals surface area contributed by atoms with Gasteiger partial charge in [-0.05, 0) is 38.5 Å². The number of hydrogen-bond donors (Lipinski definition) is 9. The molecule has 8 atom stereocenters. The summed E-state index contributed by atoms with van der Waals surface area (Å²) in [5.41, 5.74) is 0. The highest BCUT2D eigenvalue weighted by Gasteiger charge is 2.51. The summed E-state index contributed by atoms with van der Waals surface area (Å²) < 4.78 is 23.0. The molecule has 0 radical (unpaired) electrons. The number of amides is 1. The average Bonchev–Trinajstić information content (AvgIpc) is 3.28. The lowest BCUT2D eigenvalue weighted by Gasteiger charge is -2.41. The topological polar surface area (TPSA) is 226 Å². The first-order chi connectivity index (χ1) is 31.3. The Morgan fingerprint density at radius 3 is 1.28 bits per heavy atom. The van der Waals surface area contributed by atoms with E-state index in [0.717, 1.165) is 57.8 Å². The van der Waals surface area contributed by atoms with Crippen LogP contribution in [0, 0.1) is 0 Å². The minimum absolute atomic E-state index is 0.229. The average molecular weight is 950 g/mol. The first kappa shape index (κ1) is 62.1. The summed E-state index contributed by atoms with van der Waals surface area (Å²) in [6.07, 6.45) is 31.1. The molecule has 1 amide bonds. The molecule has 1 saturated carbocycles. The third-order valence-corrected chi connectivity index (χ3v) is 14.1. The SMILES string of the molecule is CCCCCCCCC/C=C\CCCCCC(O)CC(=O)NC(COP(=O)(O)OC1C(O)C(O)C(O)C(O)C1O)C(O)CCCCCCCCCCCCCCCCCCCCCCC. The third-order valence-electron chi connectivity index (χ3n) is 13.1. The molecule has 13 nitrogen and oxygen atoms in total. The first-order valence-corrected chi connectivity index (χ1v) is 28.2. The van der Waals surface area contributed by atoms with Crippen molar-refractivity contribution in [2.24, 2.45) is 0 Å². The van der Waals surface area contributed by atoms with Gasteiger partial charge in [0.15, 0.2) is 0 Å². The number of phosphoric ester groups is 1. The zero-order chi connectivity index (χ0) is 48.0. The number of rotatable bonds is 45. The lowest BCUT2D eigenvalue weighted by Crippen LogP contribution is -2.64. The Labute approximate surface area is 395 Å². The molecule has 14 heteroatoms. The maximum absolute atomic E-state index is 13.1. The monoisotopic (exact) mass is 950 g/mol. The van der Waals surface area contributed by atoms with Gasteiger partial charge < -0.3 is 46.0 Å². The molecule has 0 bridgehead atoms. The van der Waals surface area contributed by atoms with Crippen LogP contribution in [0.5, 0.6) is 0 Å². The van der Waals surface area contributed by atoms with E-state index in [1.807, 2.05) is 0 Å². The Kier molecular flexibility index (Phi) is 39.0. The summed E-state index contributed by atoms with van der Waals surface area (Å²) in [6, 6.07) is -1.16. The standard InChI is InChI=1S/C51H100NO12P/c1-3-5-7-9-11-13-15-17-19-20-21-22-23-24-25-27-29-31-33-35-37-39-44(54)43(41-63-65(61,62)64-51-49(59)47(57)46(56)48(58)50(51)60)52-45(55)40-42(53)38-36-34-32-30-28-26-18-16-14-12-10-8-6-4-2/h26,28,42-44,46-51,53-54,56-60H,3-25,27,29-41H2,1-2H3,(H,52,55)(H,61,62)/b28-26-. The number of carbonyl (C=O) groups excluding carboxylic acids is 1. The largest absolute Gasteiger partial charge is 0.472 e. The molecule has 0 aromatic heterocycles. The van der Waals surface area contributed by atoms with Gasteiger partial charge in [0.1, 0.15) is 36.6 Å². The van der Waals surface area contributed by atoms with Crippen LogP contribution < -0.4 is 5.32 Å². The van der Waals surface area contributed by atoms with Gasteiger partial charge in [0.2, 0.25) is 5.91 Å². The van der Waals surface area contributed by atoms with Crippen molar-refractivity contribution in [1.82, 2.24) is 5.32 Å². The summed E-state index contributed by atoms with van der Waals surface area (Å²) >= 11 is 0. The summed E-state index contributed by atoms with van der Waals surface area (Å²) in [5, 5.41) is 74.9. The molecular weight excluding hydrogens is 850 g/mol. The molecular formula is C51H100NO12P. The maximum atomic E-state index is 13.1. The molecule has 8 unspecified atom stereocenters. The summed E-state index contributed by atoms with van der Waals surface area (Å²) in [5.74, 6) is -0.565. The summed E-state index contributed by atoms with van der Waals surface area (Å²) in [6.45, 7) is 3.81. The van der Waals surface area contributed by atoms with Crippen molar-refractivity contribution in [2.75, 3.05) is 6.61 Å². The van der Waals surface area contributed by atoms with Gasteiger partial charge in [-0.3, -0.25) is 13.8 Å². The van der Waals surface area contributed by atoms with E-state index in [0.29, 0.717) is 12.8 Å². The number of carbonyl (C=O) groups is 1. The van der Waals surface area contributed by atoms with Crippen LogP contribution in [0.1, 0.15) is 245 Å². The number of aliphatic hydroxyl groups is 7. The predicted molar refractivity (Wildman–Crippen MR) is 261 cm³/mol. The van der Waals surface area contributed by atoms with Gasteiger partial charge in [-0.2, -0.15) is 0 Å². The minimum Gasteiger partial charge on any atom is -0.393 e. The maximum Gasteiger partial charge on any atom is 0.472 e. The molecule has 1 aliphatic rings. The van der Waals surface area contributed by atoms with Crippen LogP contribution in [0.3, 0.4) is 0 Å². The molecule has 1 fully saturated rings. The fourth-order valence-electron chi connectivity index (χ4n) is 8.77. The lowest BCUT2D eigenvalue weighted by molar-refractivity contribution is -0.220. The predicted octanol–water partition coefficient (Wildman–Crippen LogP) is 10.2. The quantitative estimate of drug-likeness (QED) is 0.0158. The second kappa shape index (κ2) is 40.9. The smallest absolute Gasteiger partial charge is 0.393 e. The Morgan fingerprint density at radius 2 is 0.862 bits per heavy atom. The van der Waals surface area contributed by atoms with E-state index in [4.69, 9.17) is 9.05 Å². The second-order valence-electron chi connectivity index (χ2n) is 19.3. The molecule has 386 valence electrons. The van der Waals surface area contributed by atoms with Crippen molar-refractivity contribution in [1.29, 1.82) is 0 Å². The van der Waals surface area contributed by atoms with E-state index in [9.17, 15) is 50.0 Å². The molecule has 0 aliphatic heterocycles. The number of allylic oxidation sites excluding steroid dienone is 2. The second-order valence-corrected chi connectivity index (χ2v) is 20.7. The van der Waals surface area contributed by atoms with Gasteiger partial charge in [-0.1, -0.05) is 212 Å². The first-order valence-electron chi connectivity index (χ1n) is 26.7. The fourth-order valence-corrected chi connectivity index (χ4v) is 9.74. The molecule has 1 rings (SSSR count). The van der Waals surface area contributed by atoms with Gasteiger partial charge in [0.25, 0.3) is 0 Å². The van der Waals surface area contributed by atoms with E-state index in [-0.39, 0.29) is 12.8 Å². The van der Waals surface area contributed by atoms with Crippen molar-refractivity contribution >= 4 is 13.7 Å². The number of hydrogen-bond acceptors (Lipinski definition) is 11. The molecule has 1 aliphatic carbocycles. The van der Waals surface area contributed by atoms with Crippen molar-refractivity contribution < 1.29 is 59.0 Å². The highest BCUT2D eigenvalue weighted by Crippen LogP contribution is 2.47. The minimum atomic E-state index is -5.12. The summed E-state index contributed by atoms with van der Waals surface area (Å²) in [4.78, 5) is 23.5. The van der Waals surface area contributed by atoms with Crippen LogP contribution in [0.25, 0.3) is 0 Å². The number of unbranched alkanes of at least 4 members (excludes halogenated alkanes) is 30. The third kappa shape index (κ3) is 32.5. The van der Waals surface area contributed by atoms with Gasteiger partial charge >= 0.3 is 7.82 Å².